The van der Waals surface area contributed by atoms with Crippen LogP contribution in [0.4, 0.5) is 13.2 Å². The van der Waals surface area contributed by atoms with Crippen LogP contribution < -0.4 is 0 Å². The predicted octanol–water partition coefficient (Wildman–Crippen LogP) is 15.7. The predicted molar refractivity (Wildman–Crippen MR) is 265 cm³/mol. The molecule has 3 heterocycles. The van der Waals surface area contributed by atoms with Gasteiger partial charge in [0.15, 0.2) is 17.5 Å². The second-order valence-electron chi connectivity index (χ2n) is 16.8. The van der Waals surface area contributed by atoms with Crippen molar-refractivity contribution in [3.63, 3.8) is 0 Å². The summed E-state index contributed by atoms with van der Waals surface area (Å²) in [5.41, 5.74) is 10.8. The maximum Gasteiger partial charge on any atom is 0.416 e. The SMILES string of the molecule is Cc1cccc(-c2cc(-c3nc(-c4ccccc4)nc(-c4ccccc4)n3)cc(-c3cccc(C(F)(F)F)c3)c2-n2c3ccccc3c3c2ccc2c4ccccc4n(-c4ccccc4)c23)c1. The van der Waals surface area contributed by atoms with Crippen molar-refractivity contribution >= 4 is 43.6 Å². The van der Waals surface area contributed by atoms with Crippen LogP contribution in [-0.2, 0) is 6.18 Å². The van der Waals surface area contributed by atoms with E-state index in [1.807, 2.05) is 104 Å². The highest BCUT2D eigenvalue weighted by Gasteiger charge is 2.32. The quantitative estimate of drug-likeness (QED) is 0.160. The molecule has 0 radical (unpaired) electrons. The summed E-state index contributed by atoms with van der Waals surface area (Å²) in [7, 11) is 0. The number of halogens is 3. The van der Waals surface area contributed by atoms with Crippen LogP contribution in [0.2, 0.25) is 0 Å². The Hall–Kier alpha value is -8.62. The Kier molecular flexibility index (Phi) is 9.43. The van der Waals surface area contributed by atoms with Gasteiger partial charge in [0.05, 0.1) is 33.3 Å². The Morgan fingerprint density at radius 2 is 0.896 bits per heavy atom. The van der Waals surface area contributed by atoms with E-state index < -0.39 is 11.7 Å². The monoisotopic (exact) mass is 873 g/mol. The van der Waals surface area contributed by atoms with E-state index in [0.717, 1.165) is 88.9 Å². The maximum absolute atomic E-state index is 14.8. The number of hydrogen-bond donors (Lipinski definition) is 0. The van der Waals surface area contributed by atoms with Gasteiger partial charge in [0.2, 0.25) is 0 Å². The summed E-state index contributed by atoms with van der Waals surface area (Å²) >= 11 is 0. The minimum absolute atomic E-state index is 0.387. The summed E-state index contributed by atoms with van der Waals surface area (Å²) in [6, 6.07) is 68.8. The van der Waals surface area contributed by atoms with Crippen LogP contribution in [0.25, 0.3) is 111 Å². The highest BCUT2D eigenvalue weighted by Crippen LogP contribution is 2.47. The number of aryl methyl sites for hydroxylation is 1. The number of rotatable bonds is 7. The minimum Gasteiger partial charge on any atom is -0.309 e. The molecular weight excluding hydrogens is 836 g/mol. The van der Waals surface area contributed by atoms with E-state index in [-0.39, 0.29) is 0 Å². The molecule has 0 aliphatic rings. The first-order chi connectivity index (χ1) is 32.8. The van der Waals surface area contributed by atoms with E-state index in [4.69, 9.17) is 15.0 Å². The first-order valence-corrected chi connectivity index (χ1v) is 22.1. The van der Waals surface area contributed by atoms with Crippen molar-refractivity contribution in [3.05, 3.63) is 223 Å². The molecule has 0 bridgehead atoms. The van der Waals surface area contributed by atoms with Crippen LogP contribution >= 0.6 is 0 Å². The zero-order chi connectivity index (χ0) is 45.2. The Bertz CT molecular complexity index is 3800. The Labute approximate surface area is 383 Å². The van der Waals surface area contributed by atoms with Gasteiger partial charge in [0.25, 0.3) is 0 Å². The van der Waals surface area contributed by atoms with Gasteiger partial charge in [0, 0.05) is 55.0 Å². The first kappa shape index (κ1) is 39.9. The normalized spacial score (nSPS) is 11.9. The zero-order valence-corrected chi connectivity index (χ0v) is 36.1. The third-order valence-corrected chi connectivity index (χ3v) is 12.6. The fourth-order valence-electron chi connectivity index (χ4n) is 9.65. The lowest BCUT2D eigenvalue weighted by atomic mass is 9.91. The second kappa shape index (κ2) is 15.8. The molecule has 3 aromatic heterocycles. The lowest BCUT2D eigenvalue weighted by molar-refractivity contribution is -0.137. The fraction of sp³-hybridized carbons (Fsp3) is 0.0339. The molecule has 0 saturated heterocycles. The van der Waals surface area contributed by atoms with Gasteiger partial charge >= 0.3 is 6.18 Å². The molecule has 0 atom stereocenters. The summed E-state index contributed by atoms with van der Waals surface area (Å²) in [6.45, 7) is 2.05. The van der Waals surface area contributed by atoms with Crippen molar-refractivity contribution in [1.82, 2.24) is 24.1 Å². The standard InChI is InChI=1S/C59H38F3N5/c1-37-17-15-22-40(33-37)48-35-42(58-64-56(38-18-5-2-6-19-38)63-57(65-58)39-20-7-3-8-21-39)36-49(41-23-16-24-43(34-41)59(60,61)62)54(48)67-51-30-14-12-28-47(51)53-52(67)32-31-46-45-27-11-13-29-50(45)66(55(46)53)44-25-9-4-10-26-44/h2-36H,1H3. The number of hydrogen-bond acceptors (Lipinski definition) is 3. The molecule has 0 spiro atoms. The molecule has 0 N–H and O–H groups in total. The number of para-hydroxylation sites is 3. The summed E-state index contributed by atoms with van der Waals surface area (Å²) in [5, 5.41) is 4.26. The molecule has 9 aromatic carbocycles. The second-order valence-corrected chi connectivity index (χ2v) is 16.8. The molecule has 12 rings (SSSR count). The molecule has 0 fully saturated rings. The van der Waals surface area contributed by atoms with Crippen molar-refractivity contribution in [2.45, 2.75) is 13.1 Å². The van der Waals surface area contributed by atoms with Gasteiger partial charge in [-0.2, -0.15) is 13.2 Å². The lowest BCUT2D eigenvalue weighted by Gasteiger charge is -2.22. The van der Waals surface area contributed by atoms with E-state index >= 15 is 0 Å². The number of aromatic nitrogens is 5. The summed E-state index contributed by atoms with van der Waals surface area (Å²) in [5.74, 6) is 1.34. The van der Waals surface area contributed by atoms with Crippen molar-refractivity contribution < 1.29 is 13.2 Å². The molecule has 0 aliphatic carbocycles. The number of nitrogens with zero attached hydrogens (tertiary/aromatic N) is 5. The molecule has 320 valence electrons. The lowest BCUT2D eigenvalue weighted by Crippen LogP contribution is -2.06. The van der Waals surface area contributed by atoms with Crippen molar-refractivity contribution in [3.8, 4) is 67.8 Å². The highest BCUT2D eigenvalue weighted by molar-refractivity contribution is 6.26. The summed E-state index contributed by atoms with van der Waals surface area (Å²) < 4.78 is 49.0. The summed E-state index contributed by atoms with van der Waals surface area (Å²) in [4.78, 5) is 15.2. The van der Waals surface area contributed by atoms with Gasteiger partial charge < -0.3 is 9.13 Å². The highest BCUT2D eigenvalue weighted by atomic mass is 19.4. The van der Waals surface area contributed by atoms with E-state index in [0.29, 0.717) is 34.2 Å². The van der Waals surface area contributed by atoms with Crippen molar-refractivity contribution in [1.29, 1.82) is 0 Å². The van der Waals surface area contributed by atoms with Crippen molar-refractivity contribution in [2.75, 3.05) is 0 Å². The van der Waals surface area contributed by atoms with Gasteiger partial charge in [-0.25, -0.2) is 15.0 Å². The Balaban J connectivity index is 1.24. The van der Waals surface area contributed by atoms with Crippen LogP contribution in [-0.4, -0.2) is 24.1 Å². The van der Waals surface area contributed by atoms with E-state index in [9.17, 15) is 13.2 Å². The minimum atomic E-state index is -4.58. The number of alkyl halides is 3. The van der Waals surface area contributed by atoms with Gasteiger partial charge in [0.1, 0.15) is 0 Å². The zero-order valence-electron chi connectivity index (χ0n) is 36.1. The van der Waals surface area contributed by atoms with Crippen LogP contribution in [0.3, 0.4) is 0 Å². The van der Waals surface area contributed by atoms with Crippen LogP contribution in [0, 0.1) is 6.92 Å². The smallest absolute Gasteiger partial charge is 0.309 e. The number of benzene rings is 9. The largest absolute Gasteiger partial charge is 0.416 e. The Morgan fingerprint density at radius 1 is 0.388 bits per heavy atom. The molecular formula is C59H38F3N5. The van der Waals surface area contributed by atoms with Crippen LogP contribution in [0.5, 0.6) is 0 Å². The Morgan fingerprint density at radius 3 is 1.51 bits per heavy atom. The fourth-order valence-corrected chi connectivity index (χ4v) is 9.65. The van der Waals surface area contributed by atoms with E-state index in [1.165, 1.54) is 12.1 Å². The molecule has 0 saturated carbocycles. The maximum atomic E-state index is 14.8. The molecule has 67 heavy (non-hydrogen) atoms. The van der Waals surface area contributed by atoms with Crippen molar-refractivity contribution in [2.24, 2.45) is 0 Å². The van der Waals surface area contributed by atoms with Gasteiger partial charge in [-0.05, 0) is 72.6 Å². The molecule has 12 aromatic rings. The number of fused-ring (bicyclic) bond motifs is 7. The molecule has 0 amide bonds. The average molecular weight is 874 g/mol. The molecule has 8 heteroatoms. The molecule has 0 unspecified atom stereocenters. The third kappa shape index (κ3) is 6.84. The molecule has 0 aliphatic heterocycles. The van der Waals surface area contributed by atoms with Crippen LogP contribution in [0.15, 0.2) is 212 Å². The summed E-state index contributed by atoms with van der Waals surface area (Å²) in [6.07, 6.45) is -4.58. The third-order valence-electron chi connectivity index (χ3n) is 12.6. The van der Waals surface area contributed by atoms with E-state index in [1.54, 1.807) is 6.07 Å². The van der Waals surface area contributed by atoms with Crippen LogP contribution in [0.1, 0.15) is 11.1 Å². The van der Waals surface area contributed by atoms with Gasteiger partial charge in [-0.3, -0.25) is 0 Å². The molecule has 5 nitrogen and oxygen atoms in total. The van der Waals surface area contributed by atoms with Gasteiger partial charge in [-0.1, -0.05) is 163 Å². The van der Waals surface area contributed by atoms with E-state index in [2.05, 4.69) is 100 Å². The first-order valence-electron chi connectivity index (χ1n) is 22.1. The van der Waals surface area contributed by atoms with Gasteiger partial charge in [-0.15, -0.1) is 0 Å². The average Bonchev–Trinajstić information content (AvgIpc) is 3.89. The topological polar surface area (TPSA) is 48.5 Å².